The topological polar surface area (TPSA) is 99.1 Å². The zero-order valence-electron chi connectivity index (χ0n) is 29.1. The molecule has 0 aromatic carbocycles. The van der Waals surface area contributed by atoms with Gasteiger partial charge in [0.1, 0.15) is 6.61 Å². The van der Waals surface area contributed by atoms with E-state index >= 15 is 0 Å². The largest absolute Gasteiger partial charge is 0.462 e. The van der Waals surface area contributed by atoms with Gasteiger partial charge in [0.15, 0.2) is 6.10 Å². The quantitative estimate of drug-likeness (QED) is 0.0422. The minimum Gasteiger partial charge on any atom is -0.462 e. The summed E-state index contributed by atoms with van der Waals surface area (Å²) in [6.45, 7) is 5.14. The third-order valence-electron chi connectivity index (χ3n) is 8.20. The summed E-state index contributed by atoms with van der Waals surface area (Å²) in [5, 5.41) is 0. The molecule has 0 heterocycles. The first kappa shape index (κ1) is 43.1. The zero-order chi connectivity index (χ0) is 32.6. The highest BCUT2D eigenvalue weighted by atomic mass is 31.2. The van der Waals surface area contributed by atoms with Crippen LogP contribution in [0.15, 0.2) is 0 Å². The lowest BCUT2D eigenvalue weighted by molar-refractivity contribution is -0.161. The van der Waals surface area contributed by atoms with Crippen LogP contribution in [0.3, 0.4) is 0 Å². The predicted octanol–water partition coefficient (Wildman–Crippen LogP) is 11.2. The van der Waals surface area contributed by atoms with Crippen LogP contribution in [-0.2, 0) is 28.2 Å². The molecule has 0 aliphatic rings. The molecule has 0 aliphatic carbocycles. The number of ether oxygens (including phenoxy) is 2. The number of esters is 2. The van der Waals surface area contributed by atoms with Gasteiger partial charge in [-0.05, 0) is 12.8 Å². The summed E-state index contributed by atoms with van der Waals surface area (Å²) >= 11 is 0. The molecule has 2 atom stereocenters. The molecule has 8 heteroatoms. The Hall–Kier alpha value is -0.910. The SMILES string of the molecule is CCCCCCCCCCCCCCCC(=O)OC[C@H](COP(C)(=O)O)OC(=O)CCCCCCCCCCCCCCC. The third kappa shape index (κ3) is 34.0. The van der Waals surface area contributed by atoms with Gasteiger partial charge < -0.3 is 18.9 Å². The van der Waals surface area contributed by atoms with Gasteiger partial charge in [-0.25, -0.2) is 0 Å². The summed E-state index contributed by atoms with van der Waals surface area (Å²) in [4.78, 5) is 34.1. The van der Waals surface area contributed by atoms with Gasteiger partial charge in [-0.2, -0.15) is 0 Å². The molecule has 0 saturated carbocycles. The third-order valence-corrected chi connectivity index (χ3v) is 8.83. The van der Waals surface area contributed by atoms with Crippen molar-refractivity contribution < 1.29 is 33.0 Å². The number of carbonyl (C=O) groups excluding carboxylic acids is 2. The van der Waals surface area contributed by atoms with E-state index in [1.54, 1.807) is 0 Å². The van der Waals surface area contributed by atoms with E-state index < -0.39 is 19.7 Å². The molecule has 0 rings (SSSR count). The number of hydrogen-bond acceptors (Lipinski definition) is 6. The van der Waals surface area contributed by atoms with Gasteiger partial charge in [-0.1, -0.05) is 168 Å². The highest BCUT2D eigenvalue weighted by Gasteiger charge is 2.21. The summed E-state index contributed by atoms with van der Waals surface area (Å²) in [6.07, 6.45) is 31.8. The van der Waals surface area contributed by atoms with Crippen LogP contribution in [0.2, 0.25) is 0 Å². The molecule has 44 heavy (non-hydrogen) atoms. The van der Waals surface area contributed by atoms with Crippen LogP contribution in [0.4, 0.5) is 0 Å². The van der Waals surface area contributed by atoms with Gasteiger partial charge in [0.25, 0.3) is 0 Å². The molecule has 7 nitrogen and oxygen atoms in total. The first-order valence-corrected chi connectivity index (χ1v) is 20.6. The van der Waals surface area contributed by atoms with Crippen molar-refractivity contribution in [1.29, 1.82) is 0 Å². The molecule has 262 valence electrons. The second kappa shape index (κ2) is 32.0. The number of hydrogen-bond donors (Lipinski definition) is 1. The minimum atomic E-state index is -3.74. The average Bonchev–Trinajstić information content (AvgIpc) is 2.98. The van der Waals surface area contributed by atoms with Crippen LogP contribution in [-0.4, -0.2) is 42.8 Å². The van der Waals surface area contributed by atoms with E-state index in [4.69, 9.17) is 14.0 Å². The molecule has 0 spiro atoms. The van der Waals surface area contributed by atoms with Crippen molar-refractivity contribution in [2.45, 2.75) is 200 Å². The van der Waals surface area contributed by atoms with Crippen LogP contribution in [0, 0.1) is 0 Å². The van der Waals surface area contributed by atoms with E-state index in [9.17, 15) is 19.0 Å². The number of unbranched alkanes of at least 4 members (excludes halogenated alkanes) is 24. The predicted molar refractivity (Wildman–Crippen MR) is 183 cm³/mol. The molecule has 0 aliphatic heterocycles. The summed E-state index contributed by atoms with van der Waals surface area (Å²) in [6, 6.07) is 0. The van der Waals surface area contributed by atoms with Crippen LogP contribution in [0.1, 0.15) is 194 Å². The van der Waals surface area contributed by atoms with Crippen molar-refractivity contribution in [3.8, 4) is 0 Å². The standard InChI is InChI=1S/C36H71O7P/c1-4-6-8-10-12-14-16-18-20-22-24-26-28-30-35(37)41-32-34(33-42-44(3,39)40)43-36(38)31-29-27-25-23-21-19-17-15-13-11-9-7-5-2/h34H,4-33H2,1-3H3,(H,39,40)/t34-/m1/s1. The molecule has 0 radical (unpaired) electrons. The lowest BCUT2D eigenvalue weighted by Crippen LogP contribution is -2.29. The Morgan fingerprint density at radius 1 is 0.523 bits per heavy atom. The summed E-state index contributed by atoms with van der Waals surface area (Å²) in [7, 11) is -3.74. The Bertz CT molecular complexity index is 694. The highest BCUT2D eigenvalue weighted by Crippen LogP contribution is 2.36. The minimum absolute atomic E-state index is 0.165. The molecular formula is C36H71O7P. The van der Waals surface area contributed by atoms with Gasteiger partial charge in [0.2, 0.25) is 0 Å². The fourth-order valence-corrected chi connectivity index (χ4v) is 5.86. The Morgan fingerprint density at radius 2 is 0.841 bits per heavy atom. The van der Waals surface area contributed by atoms with E-state index in [-0.39, 0.29) is 25.6 Å². The van der Waals surface area contributed by atoms with Crippen molar-refractivity contribution in [2.24, 2.45) is 0 Å². The van der Waals surface area contributed by atoms with E-state index in [2.05, 4.69) is 13.8 Å². The first-order valence-electron chi connectivity index (χ1n) is 18.6. The number of rotatable bonds is 34. The van der Waals surface area contributed by atoms with Gasteiger partial charge in [0.05, 0.1) is 6.61 Å². The second-order valence-corrected chi connectivity index (χ2v) is 14.7. The van der Waals surface area contributed by atoms with Crippen LogP contribution in [0.5, 0.6) is 0 Å². The maximum atomic E-state index is 12.4. The molecular weight excluding hydrogens is 575 g/mol. The molecule has 0 aromatic heterocycles. The fraction of sp³-hybridized carbons (Fsp3) is 0.944. The molecule has 0 fully saturated rings. The van der Waals surface area contributed by atoms with Gasteiger partial charge in [-0.15, -0.1) is 0 Å². The summed E-state index contributed by atoms with van der Waals surface area (Å²) < 4.78 is 27.3. The first-order chi connectivity index (χ1) is 21.3. The number of carbonyl (C=O) groups is 2. The molecule has 0 bridgehead atoms. The van der Waals surface area contributed by atoms with Crippen molar-refractivity contribution in [3.05, 3.63) is 0 Å². The van der Waals surface area contributed by atoms with Crippen LogP contribution >= 0.6 is 7.60 Å². The fourth-order valence-electron chi connectivity index (χ4n) is 5.41. The van der Waals surface area contributed by atoms with E-state index in [1.165, 1.54) is 128 Å². The second-order valence-electron chi connectivity index (χ2n) is 12.9. The van der Waals surface area contributed by atoms with E-state index in [0.717, 1.165) is 45.2 Å². The summed E-state index contributed by atoms with van der Waals surface area (Å²) in [5.41, 5.74) is 0. The normalized spacial score (nSPS) is 13.5. The molecule has 0 saturated heterocycles. The maximum absolute atomic E-state index is 12.4. The van der Waals surface area contributed by atoms with E-state index in [1.807, 2.05) is 0 Å². The van der Waals surface area contributed by atoms with Crippen molar-refractivity contribution in [1.82, 2.24) is 0 Å². The van der Waals surface area contributed by atoms with Gasteiger partial charge in [0, 0.05) is 19.5 Å². The average molecular weight is 647 g/mol. The highest BCUT2D eigenvalue weighted by molar-refractivity contribution is 7.51. The Balaban J connectivity index is 3.94. The summed E-state index contributed by atoms with van der Waals surface area (Å²) in [5.74, 6) is -0.729. The Morgan fingerprint density at radius 3 is 1.18 bits per heavy atom. The molecule has 0 aromatic rings. The zero-order valence-corrected chi connectivity index (χ0v) is 30.0. The van der Waals surface area contributed by atoms with Crippen LogP contribution < -0.4 is 0 Å². The van der Waals surface area contributed by atoms with Gasteiger partial charge >= 0.3 is 19.5 Å². The molecule has 0 amide bonds. The van der Waals surface area contributed by atoms with Crippen molar-refractivity contribution in [2.75, 3.05) is 19.9 Å². The van der Waals surface area contributed by atoms with Crippen molar-refractivity contribution in [3.63, 3.8) is 0 Å². The molecule has 1 N–H and O–H groups in total. The Kier molecular flexibility index (Phi) is 31.4. The van der Waals surface area contributed by atoms with Crippen molar-refractivity contribution >= 4 is 19.5 Å². The monoisotopic (exact) mass is 646 g/mol. The molecule has 1 unspecified atom stereocenters. The maximum Gasteiger partial charge on any atom is 0.325 e. The van der Waals surface area contributed by atoms with Gasteiger partial charge in [-0.3, -0.25) is 14.2 Å². The lowest BCUT2D eigenvalue weighted by Gasteiger charge is -2.19. The van der Waals surface area contributed by atoms with Crippen LogP contribution in [0.25, 0.3) is 0 Å². The Labute approximate surface area is 271 Å². The van der Waals surface area contributed by atoms with E-state index in [0.29, 0.717) is 6.42 Å². The smallest absolute Gasteiger partial charge is 0.325 e. The lowest BCUT2D eigenvalue weighted by atomic mass is 10.0.